The molecule has 2 aromatic heterocycles. The minimum atomic E-state index is 0.304. The average molecular weight is 281 g/mol. The smallest absolute Gasteiger partial charge is 0.154 e. The van der Waals surface area contributed by atoms with Gasteiger partial charge in [-0.25, -0.2) is 9.97 Å². The average Bonchev–Trinajstić information content (AvgIpc) is 2.89. The monoisotopic (exact) mass is 281 g/mol. The predicted molar refractivity (Wildman–Crippen MR) is 85.6 cm³/mol. The standard InChI is InChI=1S/C17H19N3O/c1-10(2)15-16(19-9-20-17(15)18-4)14-8-12-7-11(3)5-6-13(12)21-14/h5-10H,1-4H3,(H,18,19,20). The molecule has 21 heavy (non-hydrogen) atoms. The molecule has 0 saturated carbocycles. The van der Waals surface area contributed by atoms with E-state index >= 15 is 0 Å². The summed E-state index contributed by atoms with van der Waals surface area (Å²) in [6.45, 7) is 6.35. The fourth-order valence-electron chi connectivity index (χ4n) is 2.62. The first-order valence-electron chi connectivity index (χ1n) is 7.13. The zero-order valence-electron chi connectivity index (χ0n) is 12.8. The van der Waals surface area contributed by atoms with Crippen LogP contribution in [0.3, 0.4) is 0 Å². The van der Waals surface area contributed by atoms with Crippen LogP contribution in [0.4, 0.5) is 5.82 Å². The Morgan fingerprint density at radius 2 is 1.95 bits per heavy atom. The van der Waals surface area contributed by atoms with Crippen LogP contribution in [0, 0.1) is 6.92 Å². The third-order valence-electron chi connectivity index (χ3n) is 3.60. The first-order chi connectivity index (χ1) is 10.1. The number of hydrogen-bond acceptors (Lipinski definition) is 4. The summed E-state index contributed by atoms with van der Waals surface area (Å²) in [7, 11) is 1.87. The minimum absolute atomic E-state index is 0.304. The van der Waals surface area contributed by atoms with Gasteiger partial charge in [-0.1, -0.05) is 25.5 Å². The van der Waals surface area contributed by atoms with Crippen molar-refractivity contribution in [3.05, 3.63) is 41.7 Å². The molecule has 0 aliphatic rings. The molecule has 2 heterocycles. The number of rotatable bonds is 3. The summed E-state index contributed by atoms with van der Waals surface area (Å²) in [5, 5.41) is 4.24. The summed E-state index contributed by atoms with van der Waals surface area (Å²) >= 11 is 0. The van der Waals surface area contributed by atoms with Gasteiger partial charge in [0.05, 0.1) is 0 Å². The summed E-state index contributed by atoms with van der Waals surface area (Å²) in [4.78, 5) is 8.76. The van der Waals surface area contributed by atoms with Crippen molar-refractivity contribution in [2.75, 3.05) is 12.4 Å². The van der Waals surface area contributed by atoms with Crippen molar-refractivity contribution >= 4 is 16.8 Å². The number of aromatic nitrogens is 2. The molecule has 1 N–H and O–H groups in total. The SMILES string of the molecule is CNc1ncnc(-c2cc3cc(C)ccc3o2)c1C(C)C. The van der Waals surface area contributed by atoms with E-state index in [9.17, 15) is 0 Å². The third-order valence-corrected chi connectivity index (χ3v) is 3.60. The van der Waals surface area contributed by atoms with E-state index in [4.69, 9.17) is 4.42 Å². The maximum absolute atomic E-state index is 5.98. The second-order valence-electron chi connectivity index (χ2n) is 5.54. The van der Waals surface area contributed by atoms with Crippen LogP contribution < -0.4 is 5.32 Å². The Morgan fingerprint density at radius 1 is 1.14 bits per heavy atom. The highest BCUT2D eigenvalue weighted by molar-refractivity contribution is 5.83. The highest BCUT2D eigenvalue weighted by Gasteiger charge is 2.18. The molecule has 0 fully saturated rings. The molecule has 0 aliphatic carbocycles. The Bertz CT molecular complexity index is 790. The van der Waals surface area contributed by atoms with Crippen LogP contribution in [0.1, 0.15) is 30.9 Å². The van der Waals surface area contributed by atoms with Gasteiger partial charge in [0.15, 0.2) is 5.76 Å². The van der Waals surface area contributed by atoms with Crippen LogP contribution in [-0.4, -0.2) is 17.0 Å². The molecule has 4 heteroatoms. The summed E-state index contributed by atoms with van der Waals surface area (Å²) in [5.41, 5.74) is 4.04. The fraction of sp³-hybridized carbons (Fsp3) is 0.294. The van der Waals surface area contributed by atoms with Gasteiger partial charge in [0.25, 0.3) is 0 Å². The molecule has 3 aromatic rings. The summed E-state index contributed by atoms with van der Waals surface area (Å²) in [6, 6.07) is 8.23. The van der Waals surface area contributed by atoms with E-state index in [0.29, 0.717) is 5.92 Å². The molecule has 0 radical (unpaired) electrons. The maximum atomic E-state index is 5.98. The van der Waals surface area contributed by atoms with Gasteiger partial charge in [-0.15, -0.1) is 0 Å². The molecule has 0 aliphatic heterocycles. The lowest BCUT2D eigenvalue weighted by molar-refractivity contribution is 0.625. The minimum Gasteiger partial charge on any atom is -0.454 e. The molecule has 3 rings (SSSR count). The van der Waals surface area contributed by atoms with Crippen molar-refractivity contribution in [2.24, 2.45) is 0 Å². The largest absolute Gasteiger partial charge is 0.454 e. The van der Waals surface area contributed by atoms with Crippen molar-refractivity contribution in [3.63, 3.8) is 0 Å². The van der Waals surface area contributed by atoms with Crippen LogP contribution in [0.2, 0.25) is 0 Å². The molecular formula is C17H19N3O. The van der Waals surface area contributed by atoms with Gasteiger partial charge in [-0.2, -0.15) is 0 Å². The van der Waals surface area contributed by atoms with Gasteiger partial charge in [0, 0.05) is 18.0 Å². The van der Waals surface area contributed by atoms with Crippen molar-refractivity contribution < 1.29 is 4.42 Å². The number of aryl methyl sites for hydroxylation is 1. The number of furan rings is 1. The first kappa shape index (κ1) is 13.6. The number of benzene rings is 1. The quantitative estimate of drug-likeness (QED) is 0.774. The zero-order chi connectivity index (χ0) is 15.0. The number of fused-ring (bicyclic) bond motifs is 1. The molecule has 0 spiro atoms. The topological polar surface area (TPSA) is 51.0 Å². The van der Waals surface area contributed by atoms with Crippen LogP contribution >= 0.6 is 0 Å². The number of anilines is 1. The van der Waals surface area contributed by atoms with Crippen LogP contribution in [0.25, 0.3) is 22.4 Å². The number of nitrogens with one attached hydrogen (secondary N) is 1. The van der Waals surface area contributed by atoms with E-state index in [1.165, 1.54) is 5.56 Å². The second-order valence-corrected chi connectivity index (χ2v) is 5.54. The number of nitrogens with zero attached hydrogens (tertiary/aromatic N) is 2. The fourth-order valence-corrected chi connectivity index (χ4v) is 2.62. The molecule has 4 nitrogen and oxygen atoms in total. The van der Waals surface area contributed by atoms with Gasteiger partial charge in [0.1, 0.15) is 23.4 Å². The lowest BCUT2D eigenvalue weighted by Gasteiger charge is -2.13. The predicted octanol–water partition coefficient (Wildman–Crippen LogP) is 4.36. The van der Waals surface area contributed by atoms with Crippen molar-refractivity contribution in [1.29, 1.82) is 0 Å². The van der Waals surface area contributed by atoms with E-state index in [1.54, 1.807) is 6.33 Å². The van der Waals surface area contributed by atoms with Gasteiger partial charge in [0.2, 0.25) is 0 Å². The van der Waals surface area contributed by atoms with E-state index < -0.39 is 0 Å². The Labute approximate surface area is 124 Å². The van der Waals surface area contributed by atoms with E-state index in [0.717, 1.165) is 33.8 Å². The van der Waals surface area contributed by atoms with Crippen molar-refractivity contribution in [2.45, 2.75) is 26.7 Å². The zero-order valence-corrected chi connectivity index (χ0v) is 12.8. The highest BCUT2D eigenvalue weighted by Crippen LogP contribution is 2.34. The second kappa shape index (κ2) is 5.20. The van der Waals surface area contributed by atoms with Gasteiger partial charge >= 0.3 is 0 Å². The van der Waals surface area contributed by atoms with Crippen LogP contribution in [0.5, 0.6) is 0 Å². The van der Waals surface area contributed by atoms with E-state index in [2.05, 4.69) is 54.3 Å². The summed E-state index contributed by atoms with van der Waals surface area (Å²) in [5.74, 6) is 1.95. The molecule has 0 saturated heterocycles. The normalized spacial score (nSPS) is 11.3. The lowest BCUT2D eigenvalue weighted by atomic mass is 10.0. The number of hydrogen-bond donors (Lipinski definition) is 1. The molecular weight excluding hydrogens is 262 g/mol. The maximum Gasteiger partial charge on any atom is 0.154 e. The van der Waals surface area contributed by atoms with Crippen molar-refractivity contribution in [3.8, 4) is 11.5 Å². The summed E-state index contributed by atoms with van der Waals surface area (Å²) in [6.07, 6.45) is 1.57. The molecule has 1 aromatic carbocycles. The van der Waals surface area contributed by atoms with E-state index in [1.807, 2.05) is 13.1 Å². The first-order valence-corrected chi connectivity index (χ1v) is 7.13. The highest BCUT2D eigenvalue weighted by atomic mass is 16.3. The van der Waals surface area contributed by atoms with Crippen LogP contribution in [-0.2, 0) is 0 Å². The Morgan fingerprint density at radius 3 is 2.67 bits per heavy atom. The Kier molecular flexibility index (Phi) is 3.37. The van der Waals surface area contributed by atoms with Crippen LogP contribution in [0.15, 0.2) is 35.0 Å². The molecule has 0 bridgehead atoms. The lowest BCUT2D eigenvalue weighted by Crippen LogP contribution is -2.04. The molecule has 0 atom stereocenters. The molecule has 0 amide bonds. The Balaban J connectivity index is 2.22. The van der Waals surface area contributed by atoms with Crippen molar-refractivity contribution in [1.82, 2.24) is 9.97 Å². The van der Waals surface area contributed by atoms with Gasteiger partial charge < -0.3 is 9.73 Å². The Hall–Kier alpha value is -2.36. The van der Waals surface area contributed by atoms with Gasteiger partial charge in [-0.05, 0) is 31.0 Å². The van der Waals surface area contributed by atoms with E-state index in [-0.39, 0.29) is 0 Å². The summed E-state index contributed by atoms with van der Waals surface area (Å²) < 4.78 is 5.98. The molecule has 0 unspecified atom stereocenters. The third kappa shape index (κ3) is 2.37. The van der Waals surface area contributed by atoms with Gasteiger partial charge in [-0.3, -0.25) is 0 Å². The molecule has 108 valence electrons.